The lowest BCUT2D eigenvalue weighted by molar-refractivity contribution is -0.131. The maximum atomic E-state index is 12.7. The Morgan fingerprint density at radius 2 is 1.81 bits per heavy atom. The molecule has 1 fully saturated rings. The summed E-state index contributed by atoms with van der Waals surface area (Å²) < 4.78 is 11.1. The molecule has 0 spiro atoms. The molecule has 1 saturated heterocycles. The normalized spacial score (nSPS) is 16.1. The third-order valence-corrected chi connectivity index (χ3v) is 6.06. The second kappa shape index (κ2) is 10.4. The van der Waals surface area contributed by atoms with Crippen LogP contribution in [-0.4, -0.2) is 56.6 Å². The minimum Gasteiger partial charge on any atom is -0.497 e. The SMILES string of the molecule is COc1ccc(N2CCCN(C(=O)CCCOc3ccc4c(c3)CCC(=O)N4)CC2)cc1. The van der Waals surface area contributed by atoms with Crippen molar-refractivity contribution in [3.8, 4) is 11.5 Å². The molecule has 0 atom stereocenters. The predicted octanol–water partition coefficient (Wildman–Crippen LogP) is 3.48. The van der Waals surface area contributed by atoms with Gasteiger partial charge >= 0.3 is 0 Å². The monoisotopic (exact) mass is 437 g/mol. The number of methoxy groups -OCH3 is 1. The number of hydrogen-bond donors (Lipinski definition) is 1. The minimum atomic E-state index is 0.0605. The van der Waals surface area contributed by atoms with Crippen LogP contribution >= 0.6 is 0 Å². The van der Waals surface area contributed by atoms with E-state index in [4.69, 9.17) is 9.47 Å². The van der Waals surface area contributed by atoms with Crippen LogP contribution in [0, 0.1) is 0 Å². The van der Waals surface area contributed by atoms with Gasteiger partial charge in [0.1, 0.15) is 11.5 Å². The van der Waals surface area contributed by atoms with Crippen LogP contribution < -0.4 is 19.7 Å². The fraction of sp³-hybridized carbons (Fsp3) is 0.440. The smallest absolute Gasteiger partial charge is 0.224 e. The molecular formula is C25H31N3O4. The average molecular weight is 438 g/mol. The number of benzene rings is 2. The van der Waals surface area contributed by atoms with Gasteiger partial charge in [0.15, 0.2) is 0 Å². The summed E-state index contributed by atoms with van der Waals surface area (Å²) in [5.41, 5.74) is 3.14. The van der Waals surface area contributed by atoms with Crippen molar-refractivity contribution in [3.63, 3.8) is 0 Å². The molecule has 2 heterocycles. The van der Waals surface area contributed by atoms with Crippen LogP contribution in [-0.2, 0) is 16.0 Å². The van der Waals surface area contributed by atoms with Crippen molar-refractivity contribution in [1.82, 2.24) is 4.90 Å². The fourth-order valence-electron chi connectivity index (χ4n) is 4.24. The van der Waals surface area contributed by atoms with Crippen molar-refractivity contribution in [3.05, 3.63) is 48.0 Å². The molecule has 2 aliphatic rings. The summed E-state index contributed by atoms with van der Waals surface area (Å²) in [6.45, 7) is 3.81. The van der Waals surface area contributed by atoms with E-state index in [1.165, 1.54) is 0 Å². The molecule has 7 nitrogen and oxygen atoms in total. The van der Waals surface area contributed by atoms with Crippen molar-refractivity contribution in [2.45, 2.75) is 32.1 Å². The summed E-state index contributed by atoms with van der Waals surface area (Å²) >= 11 is 0. The number of fused-ring (bicyclic) bond motifs is 1. The van der Waals surface area contributed by atoms with E-state index in [2.05, 4.69) is 22.3 Å². The molecule has 2 aliphatic heterocycles. The third-order valence-electron chi connectivity index (χ3n) is 6.06. The summed E-state index contributed by atoms with van der Waals surface area (Å²) in [5.74, 6) is 1.89. The van der Waals surface area contributed by atoms with Gasteiger partial charge in [0.25, 0.3) is 0 Å². The molecule has 0 saturated carbocycles. The van der Waals surface area contributed by atoms with Gasteiger partial charge in [0.2, 0.25) is 11.8 Å². The quantitative estimate of drug-likeness (QED) is 0.672. The number of carbonyl (C=O) groups excluding carboxylic acids is 2. The number of hydrogen-bond acceptors (Lipinski definition) is 5. The van der Waals surface area contributed by atoms with Crippen molar-refractivity contribution in [1.29, 1.82) is 0 Å². The topological polar surface area (TPSA) is 71.1 Å². The highest BCUT2D eigenvalue weighted by Gasteiger charge is 2.19. The van der Waals surface area contributed by atoms with Gasteiger partial charge in [-0.25, -0.2) is 0 Å². The lowest BCUT2D eigenvalue weighted by Crippen LogP contribution is -2.35. The van der Waals surface area contributed by atoms with Crippen molar-refractivity contribution in [2.24, 2.45) is 0 Å². The zero-order valence-electron chi connectivity index (χ0n) is 18.6. The van der Waals surface area contributed by atoms with Crippen LogP contribution in [0.15, 0.2) is 42.5 Å². The van der Waals surface area contributed by atoms with Crippen molar-refractivity contribution < 1.29 is 19.1 Å². The van der Waals surface area contributed by atoms with Crippen LogP contribution in [0.3, 0.4) is 0 Å². The van der Waals surface area contributed by atoms with Gasteiger partial charge in [-0.2, -0.15) is 0 Å². The molecule has 1 N–H and O–H groups in total. The molecule has 32 heavy (non-hydrogen) atoms. The standard InChI is InChI=1S/C25H31N3O4/c1-31-21-8-6-20(7-9-21)27-13-3-14-28(16-15-27)25(30)4-2-17-32-22-10-11-23-19(18-22)5-12-24(29)26-23/h6-11,18H,2-5,12-17H2,1H3,(H,26,29). The highest BCUT2D eigenvalue weighted by atomic mass is 16.5. The summed E-state index contributed by atoms with van der Waals surface area (Å²) in [6, 6.07) is 13.8. The Morgan fingerprint density at radius 3 is 2.62 bits per heavy atom. The number of nitrogens with one attached hydrogen (secondary N) is 1. The highest BCUT2D eigenvalue weighted by molar-refractivity contribution is 5.94. The number of nitrogens with zero attached hydrogens (tertiary/aromatic N) is 2. The predicted molar refractivity (Wildman–Crippen MR) is 125 cm³/mol. The Bertz CT molecular complexity index is 945. The molecule has 4 rings (SSSR count). The van der Waals surface area contributed by atoms with Gasteiger partial charge in [-0.1, -0.05) is 0 Å². The Kier molecular flexibility index (Phi) is 7.14. The second-order valence-electron chi connectivity index (χ2n) is 8.24. The summed E-state index contributed by atoms with van der Waals surface area (Å²) in [6.07, 6.45) is 3.38. The fourth-order valence-corrected chi connectivity index (χ4v) is 4.24. The zero-order valence-corrected chi connectivity index (χ0v) is 18.6. The molecule has 2 amide bonds. The molecule has 0 aromatic heterocycles. The van der Waals surface area contributed by atoms with Crippen LogP contribution in [0.5, 0.6) is 11.5 Å². The average Bonchev–Trinajstić information content (AvgIpc) is 3.08. The minimum absolute atomic E-state index is 0.0605. The maximum absolute atomic E-state index is 12.7. The Balaban J connectivity index is 1.20. The van der Waals surface area contributed by atoms with E-state index in [-0.39, 0.29) is 11.8 Å². The largest absolute Gasteiger partial charge is 0.497 e. The van der Waals surface area contributed by atoms with Crippen molar-refractivity contribution in [2.75, 3.05) is 50.1 Å². The number of aryl methyl sites for hydroxylation is 1. The summed E-state index contributed by atoms with van der Waals surface area (Å²) in [4.78, 5) is 28.5. The first kappa shape index (κ1) is 22.0. The third kappa shape index (κ3) is 5.52. The first-order chi connectivity index (χ1) is 15.6. The van der Waals surface area contributed by atoms with Crippen molar-refractivity contribution >= 4 is 23.2 Å². The van der Waals surface area contributed by atoms with Crippen LogP contribution in [0.1, 0.15) is 31.2 Å². The zero-order chi connectivity index (χ0) is 22.3. The second-order valence-corrected chi connectivity index (χ2v) is 8.24. The van der Waals surface area contributed by atoms with E-state index < -0.39 is 0 Å². The lowest BCUT2D eigenvalue weighted by Gasteiger charge is -2.24. The van der Waals surface area contributed by atoms with Crippen LogP contribution in [0.4, 0.5) is 11.4 Å². The van der Waals surface area contributed by atoms with E-state index in [1.54, 1.807) is 7.11 Å². The highest BCUT2D eigenvalue weighted by Crippen LogP contribution is 2.27. The number of anilines is 2. The molecule has 2 aromatic rings. The van der Waals surface area contributed by atoms with E-state index >= 15 is 0 Å². The summed E-state index contributed by atoms with van der Waals surface area (Å²) in [5, 5.41) is 2.88. The van der Waals surface area contributed by atoms with Gasteiger partial charge in [-0.05, 0) is 67.3 Å². The van der Waals surface area contributed by atoms with Gasteiger partial charge in [-0.15, -0.1) is 0 Å². The molecule has 0 unspecified atom stereocenters. The van der Waals surface area contributed by atoms with E-state index in [9.17, 15) is 9.59 Å². The van der Waals surface area contributed by atoms with Gasteiger partial charge in [-0.3, -0.25) is 9.59 Å². The molecule has 2 aromatic carbocycles. The molecule has 7 heteroatoms. The molecule has 0 aliphatic carbocycles. The van der Waals surface area contributed by atoms with Crippen LogP contribution in [0.2, 0.25) is 0 Å². The summed E-state index contributed by atoms with van der Waals surface area (Å²) in [7, 11) is 1.67. The van der Waals surface area contributed by atoms with E-state index in [0.29, 0.717) is 25.9 Å². The number of carbonyl (C=O) groups is 2. The number of rotatable bonds is 7. The van der Waals surface area contributed by atoms with Gasteiger partial charge < -0.3 is 24.6 Å². The van der Waals surface area contributed by atoms with Crippen LogP contribution in [0.25, 0.3) is 0 Å². The van der Waals surface area contributed by atoms with Gasteiger partial charge in [0, 0.05) is 50.4 Å². The first-order valence-corrected chi connectivity index (χ1v) is 11.3. The molecule has 0 radical (unpaired) electrons. The van der Waals surface area contributed by atoms with E-state index in [0.717, 1.165) is 67.5 Å². The molecule has 170 valence electrons. The lowest BCUT2D eigenvalue weighted by atomic mass is 10.0. The Labute approximate surface area is 189 Å². The first-order valence-electron chi connectivity index (χ1n) is 11.3. The van der Waals surface area contributed by atoms with Gasteiger partial charge in [0.05, 0.1) is 13.7 Å². The molecular weight excluding hydrogens is 406 g/mol. The maximum Gasteiger partial charge on any atom is 0.224 e. The van der Waals surface area contributed by atoms with E-state index in [1.807, 2.05) is 35.2 Å². The number of ether oxygens (including phenoxy) is 2. The Morgan fingerprint density at radius 1 is 1.00 bits per heavy atom. The number of amides is 2. The molecule has 0 bridgehead atoms. The Hall–Kier alpha value is -3.22.